The molecule has 0 spiro atoms. The number of carbonyl (C=O) groups is 1. The van der Waals surface area contributed by atoms with Gasteiger partial charge in [-0.25, -0.2) is 0 Å². The number of rotatable bonds is 8. The van der Waals surface area contributed by atoms with Crippen LogP contribution in [0, 0.1) is 0 Å². The van der Waals surface area contributed by atoms with E-state index in [1.807, 2.05) is 60.4 Å². The quantitative estimate of drug-likeness (QED) is 0.486. The van der Waals surface area contributed by atoms with E-state index in [0.717, 1.165) is 36.2 Å². The van der Waals surface area contributed by atoms with Crippen molar-refractivity contribution in [1.29, 1.82) is 0 Å². The van der Waals surface area contributed by atoms with Gasteiger partial charge in [0, 0.05) is 37.7 Å². The molecule has 32 heavy (non-hydrogen) atoms. The van der Waals surface area contributed by atoms with Crippen LogP contribution >= 0.6 is 11.6 Å². The molecule has 0 saturated carbocycles. The Morgan fingerprint density at radius 2 is 1.56 bits per heavy atom. The second-order valence-corrected chi connectivity index (χ2v) is 8.09. The molecule has 168 valence electrons. The van der Waals surface area contributed by atoms with Crippen LogP contribution in [0.2, 0.25) is 5.02 Å². The smallest absolute Gasteiger partial charge is 0.289 e. The van der Waals surface area contributed by atoms with Crippen molar-refractivity contribution in [1.82, 2.24) is 9.80 Å². The zero-order valence-corrected chi connectivity index (χ0v) is 18.9. The minimum absolute atomic E-state index is 0.0801. The summed E-state index contributed by atoms with van der Waals surface area (Å²) in [5.41, 5.74) is 1.22. The molecule has 4 rings (SSSR count). The standard InChI is InChI=1S/C25H27ClN2O4/c1-2-30-21-7-9-22(10-8-21)31-18-23-11-12-24(32-23)25(29)28-15-13-27(14-16-28)17-19-3-5-20(26)6-4-19/h3-12H,2,13-18H2,1H3. The lowest BCUT2D eigenvalue weighted by molar-refractivity contribution is 0.0594. The first-order valence-electron chi connectivity index (χ1n) is 10.8. The van der Waals surface area contributed by atoms with Gasteiger partial charge >= 0.3 is 0 Å². The average Bonchev–Trinajstić information content (AvgIpc) is 3.29. The van der Waals surface area contributed by atoms with E-state index < -0.39 is 0 Å². The minimum Gasteiger partial charge on any atom is -0.494 e. The Morgan fingerprint density at radius 3 is 2.22 bits per heavy atom. The van der Waals surface area contributed by atoms with E-state index in [9.17, 15) is 4.79 Å². The van der Waals surface area contributed by atoms with Crippen LogP contribution in [0.4, 0.5) is 0 Å². The first-order valence-corrected chi connectivity index (χ1v) is 11.2. The maximum absolute atomic E-state index is 12.8. The lowest BCUT2D eigenvalue weighted by atomic mass is 10.2. The number of benzene rings is 2. The van der Waals surface area contributed by atoms with Gasteiger partial charge in [-0.05, 0) is 61.0 Å². The van der Waals surface area contributed by atoms with Crippen molar-refractivity contribution in [3.05, 3.63) is 82.8 Å². The molecule has 7 heteroatoms. The Hall–Kier alpha value is -2.96. The molecule has 1 aliphatic rings. The van der Waals surface area contributed by atoms with Gasteiger partial charge in [-0.2, -0.15) is 0 Å². The Balaban J connectivity index is 1.25. The predicted octanol–water partition coefficient (Wildman–Crippen LogP) is 4.87. The molecule has 1 aromatic heterocycles. The zero-order chi connectivity index (χ0) is 22.3. The van der Waals surface area contributed by atoms with Crippen molar-refractivity contribution in [3.8, 4) is 11.5 Å². The molecular weight excluding hydrogens is 428 g/mol. The fourth-order valence-corrected chi connectivity index (χ4v) is 3.76. The van der Waals surface area contributed by atoms with Crippen LogP contribution in [0.3, 0.4) is 0 Å². The lowest BCUT2D eigenvalue weighted by Gasteiger charge is -2.34. The van der Waals surface area contributed by atoms with E-state index in [4.69, 9.17) is 25.5 Å². The van der Waals surface area contributed by atoms with E-state index in [0.29, 0.717) is 31.2 Å². The molecule has 0 atom stereocenters. The monoisotopic (exact) mass is 454 g/mol. The number of halogens is 1. The van der Waals surface area contributed by atoms with E-state index in [-0.39, 0.29) is 12.5 Å². The average molecular weight is 455 g/mol. The van der Waals surface area contributed by atoms with Gasteiger partial charge in [-0.3, -0.25) is 9.69 Å². The van der Waals surface area contributed by atoms with Gasteiger partial charge in [0.2, 0.25) is 0 Å². The van der Waals surface area contributed by atoms with Crippen LogP contribution in [-0.2, 0) is 13.2 Å². The summed E-state index contributed by atoms with van der Waals surface area (Å²) in [6, 6.07) is 18.8. The summed E-state index contributed by atoms with van der Waals surface area (Å²) in [6.45, 7) is 6.67. The van der Waals surface area contributed by atoms with Crippen LogP contribution in [0.1, 0.15) is 28.8 Å². The summed E-state index contributed by atoms with van der Waals surface area (Å²) in [6.07, 6.45) is 0. The number of carbonyl (C=O) groups excluding carboxylic acids is 1. The van der Waals surface area contributed by atoms with Gasteiger partial charge in [0.05, 0.1) is 6.61 Å². The van der Waals surface area contributed by atoms with Crippen LogP contribution in [0.5, 0.6) is 11.5 Å². The molecular formula is C25H27ClN2O4. The molecule has 1 fully saturated rings. The largest absolute Gasteiger partial charge is 0.494 e. The number of piperazine rings is 1. The molecule has 0 bridgehead atoms. The summed E-state index contributed by atoms with van der Waals surface area (Å²) < 4.78 is 16.9. The van der Waals surface area contributed by atoms with Crippen LogP contribution in [0.15, 0.2) is 65.1 Å². The van der Waals surface area contributed by atoms with Crippen LogP contribution in [-0.4, -0.2) is 48.5 Å². The maximum Gasteiger partial charge on any atom is 0.289 e. The van der Waals surface area contributed by atoms with Crippen molar-refractivity contribution >= 4 is 17.5 Å². The van der Waals surface area contributed by atoms with E-state index in [2.05, 4.69) is 4.90 Å². The predicted molar refractivity (Wildman–Crippen MR) is 123 cm³/mol. The van der Waals surface area contributed by atoms with Gasteiger partial charge in [-0.15, -0.1) is 0 Å². The zero-order valence-electron chi connectivity index (χ0n) is 18.1. The van der Waals surface area contributed by atoms with Gasteiger partial charge < -0.3 is 18.8 Å². The minimum atomic E-state index is -0.0801. The maximum atomic E-state index is 12.8. The van der Waals surface area contributed by atoms with Crippen LogP contribution < -0.4 is 9.47 Å². The number of hydrogen-bond donors (Lipinski definition) is 0. The Bertz CT molecular complexity index is 1010. The molecule has 2 aromatic carbocycles. The van der Waals surface area contributed by atoms with Crippen molar-refractivity contribution in [2.75, 3.05) is 32.8 Å². The third-order valence-electron chi connectivity index (χ3n) is 5.37. The highest BCUT2D eigenvalue weighted by molar-refractivity contribution is 6.30. The summed E-state index contributed by atoms with van der Waals surface area (Å²) >= 11 is 5.96. The van der Waals surface area contributed by atoms with Crippen LogP contribution in [0.25, 0.3) is 0 Å². The molecule has 0 aliphatic carbocycles. The second-order valence-electron chi connectivity index (χ2n) is 7.65. The highest BCUT2D eigenvalue weighted by atomic mass is 35.5. The second kappa shape index (κ2) is 10.6. The lowest BCUT2D eigenvalue weighted by Crippen LogP contribution is -2.48. The molecule has 0 unspecified atom stereocenters. The normalized spacial score (nSPS) is 14.4. The fourth-order valence-electron chi connectivity index (χ4n) is 3.64. The molecule has 1 amide bonds. The van der Waals surface area contributed by atoms with Gasteiger partial charge in [0.15, 0.2) is 5.76 Å². The first kappa shape index (κ1) is 22.2. The Morgan fingerprint density at radius 1 is 0.906 bits per heavy atom. The van der Waals surface area contributed by atoms with Crippen molar-refractivity contribution in [2.45, 2.75) is 20.1 Å². The Labute approximate surface area is 193 Å². The molecule has 3 aromatic rings. The number of hydrogen-bond acceptors (Lipinski definition) is 5. The molecule has 1 aliphatic heterocycles. The first-order chi connectivity index (χ1) is 15.6. The summed E-state index contributed by atoms with van der Waals surface area (Å²) in [7, 11) is 0. The molecule has 6 nitrogen and oxygen atoms in total. The third-order valence-corrected chi connectivity index (χ3v) is 5.62. The van der Waals surface area contributed by atoms with Gasteiger partial charge in [0.25, 0.3) is 5.91 Å². The van der Waals surface area contributed by atoms with E-state index in [1.165, 1.54) is 5.56 Å². The summed E-state index contributed by atoms with van der Waals surface area (Å²) in [5.74, 6) is 2.40. The molecule has 0 radical (unpaired) electrons. The number of nitrogens with zero attached hydrogens (tertiary/aromatic N) is 2. The van der Waals surface area contributed by atoms with Gasteiger partial charge in [0.1, 0.15) is 23.9 Å². The summed E-state index contributed by atoms with van der Waals surface area (Å²) in [5, 5.41) is 0.742. The van der Waals surface area contributed by atoms with Crippen molar-refractivity contribution < 1.29 is 18.7 Å². The third kappa shape index (κ3) is 5.84. The topological polar surface area (TPSA) is 55.2 Å². The molecule has 2 heterocycles. The Kier molecular flexibility index (Phi) is 7.35. The number of furan rings is 1. The highest BCUT2D eigenvalue weighted by Gasteiger charge is 2.24. The summed E-state index contributed by atoms with van der Waals surface area (Å²) in [4.78, 5) is 17.0. The fraction of sp³-hybridized carbons (Fsp3) is 0.320. The number of ether oxygens (including phenoxy) is 2. The molecule has 1 saturated heterocycles. The SMILES string of the molecule is CCOc1ccc(OCc2ccc(C(=O)N3CCN(Cc4ccc(Cl)cc4)CC3)o2)cc1. The van der Waals surface area contributed by atoms with Gasteiger partial charge in [-0.1, -0.05) is 23.7 Å². The van der Waals surface area contributed by atoms with E-state index in [1.54, 1.807) is 12.1 Å². The molecule has 0 N–H and O–H groups in total. The van der Waals surface area contributed by atoms with E-state index >= 15 is 0 Å². The van der Waals surface area contributed by atoms with Crippen molar-refractivity contribution in [3.63, 3.8) is 0 Å². The number of amides is 1. The highest BCUT2D eigenvalue weighted by Crippen LogP contribution is 2.20. The van der Waals surface area contributed by atoms with Crippen molar-refractivity contribution in [2.24, 2.45) is 0 Å².